The molecule has 4 aromatic carbocycles. The number of rotatable bonds is 53. The van der Waals surface area contributed by atoms with E-state index in [1.807, 2.05) is 62.4 Å². The molecule has 0 aliphatic carbocycles. The highest BCUT2D eigenvalue weighted by Gasteiger charge is 2.44. The van der Waals surface area contributed by atoms with Crippen LogP contribution in [0.1, 0.15) is 318 Å². The number of ether oxygens (including phenoxy) is 3. The molecule has 7 heteroatoms. The summed E-state index contributed by atoms with van der Waals surface area (Å²) in [6, 6.07) is 24.0. The summed E-state index contributed by atoms with van der Waals surface area (Å²) in [6.45, 7) is 12.6. The standard InChI is InChI=1S/C75H118NO6/c1-6-9-12-15-18-21-24-27-30-33-36-39-42-45-60-80-69-54-48-66(49-55-69)73-65(5)64(4)63-72(74(73)76(78)79)75(77,67-50-56-70(57-51-67)81-61-46-43-40-37-34-31-28-25-22-19-16-13-10-7-2)68-52-58-71(59-53-68)82-62-47-44-41-38-35-32-29-26-23-20-17-14-11-8-3/h48-59,63H,6-47,60-62H2,1-5H3. The van der Waals surface area contributed by atoms with Gasteiger partial charge in [0.1, 0.15) is 17.2 Å². The minimum atomic E-state index is -2.13. The number of aryl methyl sites for hydroxylation is 1. The van der Waals surface area contributed by atoms with E-state index in [4.69, 9.17) is 14.2 Å². The van der Waals surface area contributed by atoms with Crippen molar-refractivity contribution in [1.82, 2.24) is 0 Å². The number of nitro benzene ring substituents is 1. The zero-order valence-electron chi connectivity index (χ0n) is 53.2. The van der Waals surface area contributed by atoms with Crippen LogP contribution in [0, 0.1) is 24.0 Å². The number of nitro groups is 1. The van der Waals surface area contributed by atoms with E-state index >= 15 is 5.11 Å². The highest BCUT2D eigenvalue weighted by atomic mass is 16.6. The van der Waals surface area contributed by atoms with Crippen molar-refractivity contribution in [2.45, 2.75) is 310 Å². The highest BCUT2D eigenvalue weighted by Crippen LogP contribution is 2.48. The van der Waals surface area contributed by atoms with E-state index in [2.05, 4.69) is 20.8 Å². The lowest BCUT2D eigenvalue weighted by atomic mass is 9.77. The lowest BCUT2D eigenvalue weighted by Crippen LogP contribution is -2.29. The van der Waals surface area contributed by atoms with Crippen LogP contribution >= 0.6 is 0 Å². The van der Waals surface area contributed by atoms with E-state index < -0.39 is 5.60 Å². The summed E-state index contributed by atoms with van der Waals surface area (Å²) >= 11 is 0. The fraction of sp³-hybridized carbons (Fsp3) is 0.680. The van der Waals surface area contributed by atoms with E-state index in [0.29, 0.717) is 53.6 Å². The van der Waals surface area contributed by atoms with E-state index in [1.165, 1.54) is 231 Å². The Morgan fingerprint density at radius 2 is 0.610 bits per heavy atom. The average molecular weight is 1130 g/mol. The van der Waals surface area contributed by atoms with Crippen LogP contribution in [0.15, 0.2) is 78.9 Å². The Labute approximate surface area is 502 Å². The zero-order chi connectivity index (χ0) is 58.6. The first-order valence-corrected chi connectivity index (χ1v) is 34.4. The first-order valence-electron chi connectivity index (χ1n) is 34.4. The Hall–Kier alpha value is -4.36. The molecule has 0 N–H and O–H groups in total. The number of benzene rings is 4. The van der Waals surface area contributed by atoms with Gasteiger partial charge in [-0.2, -0.15) is 0 Å². The summed E-state index contributed by atoms with van der Waals surface area (Å²) in [5, 5.41) is 29.9. The Bertz CT molecular complexity index is 2110. The van der Waals surface area contributed by atoms with Gasteiger partial charge in [0.05, 0.1) is 35.9 Å². The van der Waals surface area contributed by atoms with Crippen molar-refractivity contribution in [3.05, 3.63) is 117 Å². The van der Waals surface area contributed by atoms with Crippen LogP contribution in [0.2, 0.25) is 0 Å². The number of hydrogen-bond donors (Lipinski definition) is 0. The number of unbranched alkanes of at least 4 members (excludes halogenated alkanes) is 39. The minimum Gasteiger partial charge on any atom is -0.494 e. The third kappa shape index (κ3) is 28.0. The molecule has 0 spiro atoms. The third-order valence-corrected chi connectivity index (χ3v) is 17.3. The molecule has 1 radical (unpaired) electrons. The van der Waals surface area contributed by atoms with Gasteiger partial charge in [-0.3, -0.25) is 10.1 Å². The van der Waals surface area contributed by atoms with Crippen LogP contribution in [0.3, 0.4) is 0 Å². The molecule has 0 bridgehead atoms. The van der Waals surface area contributed by atoms with Gasteiger partial charge in [0, 0.05) is 0 Å². The molecular formula is C75H118NO6. The van der Waals surface area contributed by atoms with E-state index in [1.54, 1.807) is 30.3 Å². The molecule has 459 valence electrons. The van der Waals surface area contributed by atoms with Crippen molar-refractivity contribution in [3.8, 4) is 28.4 Å². The Morgan fingerprint density at radius 1 is 0.366 bits per heavy atom. The maximum atomic E-state index is 16.3. The van der Waals surface area contributed by atoms with Gasteiger partial charge >= 0.3 is 0 Å². The SMILES string of the molecule is CCCCCCCCCCCCCCCCOc1ccc(-c2c(C)c(C)cc(C([O])(c3ccc(OCCCCCCCCCCCCCCCC)cc3)c3ccc(OCCCCCCCCCCCCCCCC)cc3)c2[N+](=O)[O-])cc1. The molecule has 0 fully saturated rings. The van der Waals surface area contributed by atoms with Crippen LogP contribution in [0.5, 0.6) is 17.2 Å². The van der Waals surface area contributed by atoms with Crippen molar-refractivity contribution < 1.29 is 24.2 Å². The van der Waals surface area contributed by atoms with Crippen molar-refractivity contribution in [2.24, 2.45) is 0 Å². The smallest absolute Gasteiger partial charge is 0.284 e. The third-order valence-electron chi connectivity index (χ3n) is 17.3. The molecule has 0 aliphatic heterocycles. The molecule has 0 saturated heterocycles. The van der Waals surface area contributed by atoms with Crippen LogP contribution < -0.4 is 14.2 Å². The van der Waals surface area contributed by atoms with Crippen molar-refractivity contribution >= 4 is 5.69 Å². The Kier molecular flexibility index (Phi) is 38.5. The topological polar surface area (TPSA) is 90.7 Å². The second-order valence-corrected chi connectivity index (χ2v) is 24.4. The van der Waals surface area contributed by atoms with Gasteiger partial charge < -0.3 is 14.2 Å². The number of nitrogens with zero attached hydrogens (tertiary/aromatic N) is 1. The molecule has 0 atom stereocenters. The van der Waals surface area contributed by atoms with Gasteiger partial charge in [0.25, 0.3) is 5.69 Å². The first kappa shape index (κ1) is 70.1. The molecule has 4 rings (SSSR count). The van der Waals surface area contributed by atoms with Gasteiger partial charge in [-0.05, 0) is 103 Å². The predicted octanol–water partition coefficient (Wildman–Crippen LogP) is 24.2. The first-order chi connectivity index (χ1) is 40.2. The average Bonchev–Trinajstić information content (AvgIpc) is 1.57. The largest absolute Gasteiger partial charge is 0.494 e. The molecule has 0 aromatic heterocycles. The molecule has 0 unspecified atom stereocenters. The normalized spacial score (nSPS) is 11.6. The maximum Gasteiger partial charge on any atom is 0.284 e. The summed E-state index contributed by atoms with van der Waals surface area (Å²) < 4.78 is 18.7. The monoisotopic (exact) mass is 1130 g/mol. The second kappa shape index (κ2) is 45.1. The molecule has 0 aliphatic rings. The molecule has 0 amide bonds. The van der Waals surface area contributed by atoms with Crippen molar-refractivity contribution in [1.29, 1.82) is 0 Å². The number of hydrogen-bond acceptors (Lipinski definition) is 5. The van der Waals surface area contributed by atoms with E-state index in [-0.39, 0.29) is 16.2 Å². The maximum absolute atomic E-state index is 16.3. The fourth-order valence-corrected chi connectivity index (χ4v) is 11.9. The molecular weight excluding hydrogens is 1010 g/mol. The van der Waals surface area contributed by atoms with Gasteiger partial charge in [-0.15, -0.1) is 0 Å². The molecule has 0 heterocycles. The summed E-state index contributed by atoms with van der Waals surface area (Å²) in [4.78, 5) is 13.2. The fourth-order valence-electron chi connectivity index (χ4n) is 11.9. The van der Waals surface area contributed by atoms with Gasteiger partial charge in [0.2, 0.25) is 0 Å². The Morgan fingerprint density at radius 3 is 0.866 bits per heavy atom. The van der Waals surface area contributed by atoms with Crippen LogP contribution in [0.25, 0.3) is 11.1 Å². The van der Waals surface area contributed by atoms with Gasteiger partial charge in [0.15, 0.2) is 5.60 Å². The van der Waals surface area contributed by atoms with Crippen LogP contribution in [-0.4, -0.2) is 24.7 Å². The summed E-state index contributed by atoms with van der Waals surface area (Å²) in [5.74, 6) is 2.12. The predicted molar refractivity (Wildman–Crippen MR) is 349 cm³/mol. The molecule has 4 aromatic rings. The summed E-state index contributed by atoms with van der Waals surface area (Å²) in [7, 11) is 0. The van der Waals surface area contributed by atoms with Crippen LogP contribution in [-0.2, 0) is 10.7 Å². The van der Waals surface area contributed by atoms with Crippen molar-refractivity contribution in [3.63, 3.8) is 0 Å². The lowest BCUT2D eigenvalue weighted by Gasteiger charge is -2.29. The second-order valence-electron chi connectivity index (χ2n) is 24.4. The van der Waals surface area contributed by atoms with Gasteiger partial charge in [-0.25, -0.2) is 5.11 Å². The zero-order valence-corrected chi connectivity index (χ0v) is 53.2. The van der Waals surface area contributed by atoms with Crippen molar-refractivity contribution in [2.75, 3.05) is 19.8 Å². The van der Waals surface area contributed by atoms with E-state index in [0.717, 1.165) is 55.4 Å². The van der Waals surface area contributed by atoms with Crippen LogP contribution in [0.4, 0.5) is 5.69 Å². The lowest BCUT2D eigenvalue weighted by molar-refractivity contribution is -0.385. The quantitative estimate of drug-likeness (QED) is 0.0190. The minimum absolute atomic E-state index is 0.112. The highest BCUT2D eigenvalue weighted by molar-refractivity contribution is 5.82. The summed E-state index contributed by atoms with van der Waals surface area (Å²) in [6.07, 6.45) is 54.8. The Balaban J connectivity index is 1.39. The molecule has 7 nitrogen and oxygen atoms in total. The molecule has 82 heavy (non-hydrogen) atoms. The summed E-state index contributed by atoms with van der Waals surface area (Å²) in [5.41, 5.74) is 1.36. The van der Waals surface area contributed by atoms with E-state index in [9.17, 15) is 10.1 Å². The van der Waals surface area contributed by atoms with Gasteiger partial charge in [-0.1, -0.05) is 308 Å². The molecule has 0 saturated carbocycles.